The molecule has 0 heterocycles. The molecule has 0 amide bonds. The van der Waals surface area contributed by atoms with Crippen LogP contribution in [0.2, 0.25) is 0 Å². The minimum Gasteiger partial charge on any atom is -0.497 e. The van der Waals surface area contributed by atoms with E-state index in [9.17, 15) is 4.79 Å². The van der Waals surface area contributed by atoms with Crippen LogP contribution in [0.5, 0.6) is 5.75 Å². The summed E-state index contributed by atoms with van der Waals surface area (Å²) in [6.07, 6.45) is 6.19. The fourth-order valence-electron chi connectivity index (χ4n) is 4.56. The van der Waals surface area contributed by atoms with Crippen molar-refractivity contribution in [1.29, 1.82) is 0 Å². The first-order valence-corrected chi connectivity index (χ1v) is 8.30. The third kappa shape index (κ3) is 2.06. The summed E-state index contributed by atoms with van der Waals surface area (Å²) in [7, 11) is 1.71. The van der Waals surface area contributed by atoms with E-state index in [2.05, 4.69) is 25.1 Å². The maximum atomic E-state index is 11.4. The molecule has 0 unspecified atom stereocenters. The second kappa shape index (κ2) is 4.98. The van der Waals surface area contributed by atoms with Gasteiger partial charge < -0.3 is 9.47 Å². The molecular formula is C20H22O3. The van der Waals surface area contributed by atoms with Gasteiger partial charge in [-0.1, -0.05) is 19.1 Å². The number of hydrogen-bond acceptors (Lipinski definition) is 3. The monoisotopic (exact) mass is 310 g/mol. The van der Waals surface area contributed by atoms with Gasteiger partial charge in [0.05, 0.1) is 7.11 Å². The first kappa shape index (κ1) is 14.6. The molecule has 0 fully saturated rings. The van der Waals surface area contributed by atoms with Crippen LogP contribution in [-0.2, 0) is 16.0 Å². The Labute approximate surface area is 137 Å². The van der Waals surface area contributed by atoms with Crippen molar-refractivity contribution in [2.24, 2.45) is 5.41 Å². The van der Waals surface area contributed by atoms with Crippen molar-refractivity contribution < 1.29 is 14.3 Å². The molecule has 1 aromatic carbocycles. The molecule has 1 aromatic rings. The summed E-state index contributed by atoms with van der Waals surface area (Å²) in [5, 5.41) is 0. The van der Waals surface area contributed by atoms with Crippen LogP contribution in [0.1, 0.15) is 44.2 Å². The Bertz CT molecular complexity index is 756. The Morgan fingerprint density at radius 3 is 2.87 bits per heavy atom. The fraction of sp³-hybridized carbons (Fsp3) is 0.450. The van der Waals surface area contributed by atoms with Crippen LogP contribution in [-0.4, -0.2) is 19.2 Å². The number of fused-ring (bicyclic) bond motifs is 4. The van der Waals surface area contributed by atoms with Gasteiger partial charge in [-0.2, -0.15) is 0 Å². The normalized spacial score (nSPS) is 28.0. The van der Waals surface area contributed by atoms with Crippen LogP contribution in [0, 0.1) is 5.41 Å². The van der Waals surface area contributed by atoms with E-state index in [1.165, 1.54) is 34.8 Å². The van der Waals surface area contributed by atoms with E-state index in [1.807, 2.05) is 6.07 Å². The highest BCUT2D eigenvalue weighted by Gasteiger charge is 2.48. The number of allylic oxidation sites excluding steroid dienone is 2. The number of benzene rings is 1. The zero-order valence-corrected chi connectivity index (χ0v) is 13.9. The average Bonchev–Trinajstić information content (AvgIpc) is 3.04. The summed E-state index contributed by atoms with van der Waals surface area (Å²) in [4.78, 5) is 11.4. The lowest BCUT2D eigenvalue weighted by Gasteiger charge is -2.38. The average molecular weight is 310 g/mol. The summed E-state index contributed by atoms with van der Waals surface area (Å²) >= 11 is 0. The summed E-state index contributed by atoms with van der Waals surface area (Å²) in [5.74, 6) is 0.745. The van der Waals surface area contributed by atoms with Gasteiger partial charge in [-0.25, -0.2) is 0 Å². The van der Waals surface area contributed by atoms with E-state index in [0.717, 1.165) is 31.4 Å². The molecule has 3 aliphatic carbocycles. The Morgan fingerprint density at radius 2 is 2.13 bits per heavy atom. The standard InChI is InChI=1S/C20H22O3/c1-12(21)23-19-7-6-18-17-11-13-10-14(22-3)4-5-15(13)16(17)8-9-20(18,19)2/h4-6,10,19H,7-9,11H2,1-3H3/t19-,20+/m0/s1. The summed E-state index contributed by atoms with van der Waals surface area (Å²) in [6.45, 7) is 3.76. The maximum Gasteiger partial charge on any atom is 0.302 e. The van der Waals surface area contributed by atoms with Gasteiger partial charge in [0.1, 0.15) is 11.9 Å². The quantitative estimate of drug-likeness (QED) is 0.773. The molecule has 0 aromatic heterocycles. The predicted octanol–water partition coefficient (Wildman–Crippen LogP) is 4.07. The van der Waals surface area contributed by atoms with Crippen LogP contribution in [0.4, 0.5) is 0 Å². The molecule has 0 spiro atoms. The van der Waals surface area contributed by atoms with E-state index in [-0.39, 0.29) is 17.5 Å². The second-order valence-electron chi connectivity index (χ2n) is 7.03. The summed E-state index contributed by atoms with van der Waals surface area (Å²) in [6, 6.07) is 6.40. The second-order valence-corrected chi connectivity index (χ2v) is 7.03. The van der Waals surface area contributed by atoms with E-state index in [4.69, 9.17) is 9.47 Å². The molecule has 2 atom stereocenters. The molecular weight excluding hydrogens is 288 g/mol. The Balaban J connectivity index is 1.70. The van der Waals surface area contributed by atoms with E-state index < -0.39 is 0 Å². The molecule has 0 bridgehead atoms. The van der Waals surface area contributed by atoms with Crippen molar-refractivity contribution in [3.63, 3.8) is 0 Å². The summed E-state index contributed by atoms with van der Waals surface area (Å²) in [5.41, 5.74) is 7.04. The fourth-order valence-corrected chi connectivity index (χ4v) is 4.56. The topological polar surface area (TPSA) is 35.5 Å². The van der Waals surface area contributed by atoms with E-state index >= 15 is 0 Å². The van der Waals surface area contributed by atoms with Gasteiger partial charge in [0.15, 0.2) is 0 Å². The molecule has 3 nitrogen and oxygen atoms in total. The molecule has 0 saturated heterocycles. The third-order valence-corrected chi connectivity index (χ3v) is 5.76. The van der Waals surface area contributed by atoms with Crippen molar-refractivity contribution in [3.05, 3.63) is 46.5 Å². The SMILES string of the molecule is COc1ccc2c(c1)CC1=C2CC[C@]2(C)C1=CC[C@@H]2OC(C)=O. The first-order chi connectivity index (χ1) is 11.0. The summed E-state index contributed by atoms with van der Waals surface area (Å²) < 4.78 is 11.0. The molecule has 0 saturated carbocycles. The number of carbonyl (C=O) groups excluding carboxylic acids is 1. The smallest absolute Gasteiger partial charge is 0.302 e. The number of carbonyl (C=O) groups is 1. The van der Waals surface area contributed by atoms with E-state index in [1.54, 1.807) is 7.11 Å². The van der Waals surface area contributed by atoms with Crippen molar-refractivity contribution in [1.82, 2.24) is 0 Å². The minimum absolute atomic E-state index is 0.0118. The number of esters is 1. The van der Waals surface area contributed by atoms with Gasteiger partial charge in [-0.3, -0.25) is 4.79 Å². The lowest BCUT2D eigenvalue weighted by molar-refractivity contribution is -0.150. The largest absolute Gasteiger partial charge is 0.497 e. The lowest BCUT2D eigenvalue weighted by Crippen LogP contribution is -2.35. The van der Waals surface area contributed by atoms with Gasteiger partial charge in [0.2, 0.25) is 0 Å². The molecule has 23 heavy (non-hydrogen) atoms. The van der Waals surface area contributed by atoms with Crippen LogP contribution in [0.3, 0.4) is 0 Å². The molecule has 120 valence electrons. The van der Waals surface area contributed by atoms with Crippen molar-refractivity contribution >= 4 is 11.5 Å². The number of ether oxygens (including phenoxy) is 2. The Morgan fingerprint density at radius 1 is 1.30 bits per heavy atom. The minimum atomic E-state index is -0.176. The molecule has 0 radical (unpaired) electrons. The molecule has 3 heteroatoms. The van der Waals surface area contributed by atoms with E-state index in [0.29, 0.717) is 0 Å². The van der Waals surface area contributed by atoms with Gasteiger partial charge >= 0.3 is 5.97 Å². The Kier molecular flexibility index (Phi) is 3.15. The number of rotatable bonds is 2. The van der Waals surface area contributed by atoms with Gasteiger partial charge in [-0.05, 0) is 59.2 Å². The van der Waals surface area contributed by atoms with Crippen molar-refractivity contribution in [2.75, 3.05) is 7.11 Å². The predicted molar refractivity (Wildman–Crippen MR) is 89.2 cm³/mol. The number of hydrogen-bond donors (Lipinski definition) is 0. The lowest BCUT2D eigenvalue weighted by atomic mass is 9.69. The molecule has 4 rings (SSSR count). The highest BCUT2D eigenvalue weighted by Crippen LogP contribution is 2.56. The molecule has 3 aliphatic rings. The third-order valence-electron chi connectivity index (χ3n) is 5.76. The zero-order valence-electron chi connectivity index (χ0n) is 13.9. The first-order valence-electron chi connectivity index (χ1n) is 8.30. The van der Waals surface area contributed by atoms with Crippen LogP contribution >= 0.6 is 0 Å². The number of methoxy groups -OCH3 is 1. The van der Waals surface area contributed by atoms with Gasteiger partial charge in [0.25, 0.3) is 0 Å². The highest BCUT2D eigenvalue weighted by molar-refractivity contribution is 5.82. The molecule has 0 aliphatic heterocycles. The molecule has 0 N–H and O–H groups in total. The van der Waals surface area contributed by atoms with Crippen LogP contribution in [0.15, 0.2) is 35.4 Å². The van der Waals surface area contributed by atoms with Gasteiger partial charge in [-0.15, -0.1) is 0 Å². The maximum absolute atomic E-state index is 11.4. The van der Waals surface area contributed by atoms with Crippen molar-refractivity contribution in [3.8, 4) is 5.75 Å². The Hall–Kier alpha value is -2.03. The van der Waals surface area contributed by atoms with Crippen LogP contribution < -0.4 is 4.74 Å². The highest BCUT2D eigenvalue weighted by atomic mass is 16.5. The van der Waals surface area contributed by atoms with Crippen molar-refractivity contribution in [2.45, 2.75) is 45.6 Å². The van der Waals surface area contributed by atoms with Crippen LogP contribution in [0.25, 0.3) is 5.57 Å². The zero-order chi connectivity index (χ0) is 16.2. The van der Waals surface area contributed by atoms with Gasteiger partial charge in [0, 0.05) is 18.8 Å².